The van der Waals surface area contributed by atoms with Crippen LogP contribution in [0.3, 0.4) is 0 Å². The van der Waals surface area contributed by atoms with Gasteiger partial charge in [0.2, 0.25) is 0 Å². The highest BCUT2D eigenvalue weighted by atomic mass is 14.8. The van der Waals surface area contributed by atoms with E-state index < -0.39 is 0 Å². The van der Waals surface area contributed by atoms with E-state index in [4.69, 9.17) is 0 Å². The van der Waals surface area contributed by atoms with E-state index in [0.717, 1.165) is 6.42 Å². The lowest BCUT2D eigenvalue weighted by molar-refractivity contribution is 0.660. The Labute approximate surface area is 812 Å². The van der Waals surface area contributed by atoms with Crippen molar-refractivity contribution in [3.63, 3.8) is 0 Å². The van der Waals surface area contributed by atoms with Crippen molar-refractivity contribution in [2.45, 2.75) is 281 Å². The predicted molar refractivity (Wildman–Crippen MR) is 616 cm³/mol. The molecule has 132 heavy (non-hydrogen) atoms. The van der Waals surface area contributed by atoms with Gasteiger partial charge < -0.3 is 0 Å². The van der Waals surface area contributed by atoms with E-state index in [1.54, 1.807) is 30.9 Å². The minimum absolute atomic E-state index is 0.160. The zero-order valence-corrected chi connectivity index (χ0v) is 90.4. The number of nitrogens with zero attached hydrogens (tertiary/aromatic N) is 3. The van der Waals surface area contributed by atoms with Crippen LogP contribution in [-0.4, -0.2) is 15.0 Å². The van der Waals surface area contributed by atoms with E-state index in [0.29, 0.717) is 11.8 Å². The van der Waals surface area contributed by atoms with E-state index in [2.05, 4.69) is 344 Å². The van der Waals surface area contributed by atoms with Gasteiger partial charge in [0.25, 0.3) is 0 Å². The molecule has 3 heteroatoms. The summed E-state index contributed by atoms with van der Waals surface area (Å²) >= 11 is 0. The van der Waals surface area contributed by atoms with Crippen LogP contribution in [0.25, 0.3) is 87.9 Å². The van der Waals surface area contributed by atoms with Crippen molar-refractivity contribution in [1.82, 2.24) is 15.0 Å². The van der Waals surface area contributed by atoms with Gasteiger partial charge in [-0.15, -0.1) is 0 Å². The first-order chi connectivity index (χ1) is 65.5. The second kappa shape index (κ2) is 96.6. The third-order valence-electron chi connectivity index (χ3n) is 17.6. The monoisotopic (exact) mass is 1780 g/mol. The summed E-state index contributed by atoms with van der Waals surface area (Å²) in [6.07, 6.45) is 27.3. The van der Waals surface area contributed by atoms with Crippen LogP contribution in [0.15, 0.2) is 395 Å². The van der Waals surface area contributed by atoms with Crippen LogP contribution in [0.1, 0.15) is 302 Å². The summed E-state index contributed by atoms with van der Waals surface area (Å²) in [6.45, 7) is 76.6. The van der Waals surface area contributed by atoms with Crippen LogP contribution >= 0.6 is 0 Å². The van der Waals surface area contributed by atoms with Crippen LogP contribution in [-0.2, 0) is 11.8 Å². The Bertz CT molecular complexity index is 4700. The summed E-state index contributed by atoms with van der Waals surface area (Å²) < 4.78 is 0. The molecule has 0 saturated carbocycles. The van der Waals surface area contributed by atoms with Crippen molar-refractivity contribution in [3.05, 3.63) is 429 Å². The van der Waals surface area contributed by atoms with Crippen molar-refractivity contribution < 1.29 is 0 Å². The van der Waals surface area contributed by atoms with E-state index in [1.807, 2.05) is 304 Å². The van der Waals surface area contributed by atoms with Gasteiger partial charge in [-0.1, -0.05) is 609 Å². The van der Waals surface area contributed by atoms with Gasteiger partial charge in [0, 0.05) is 42.0 Å². The summed E-state index contributed by atoms with van der Waals surface area (Å²) in [5.41, 5.74) is 11.5. The topological polar surface area (TPSA) is 38.7 Å². The Morgan fingerprint density at radius 3 is 0.833 bits per heavy atom. The first-order valence-electron chi connectivity index (χ1n) is 51.0. The average molecular weight is 1780 g/mol. The number of rotatable bonds is 0. The summed E-state index contributed by atoms with van der Waals surface area (Å²) in [5.74, 6) is 1.12. The molecule has 14 aromatic carbocycles. The molecule has 3 nitrogen and oxygen atoms in total. The molecule has 2 aromatic heterocycles. The molecule has 0 amide bonds. The molecule has 0 N–H and O–H groups in total. The molecule has 0 bridgehead atoms. The van der Waals surface area contributed by atoms with Gasteiger partial charge in [-0.25, -0.2) is 9.97 Å². The molecule has 0 fully saturated rings. The van der Waals surface area contributed by atoms with Gasteiger partial charge in [-0.2, -0.15) is 0 Å². The summed E-state index contributed by atoms with van der Waals surface area (Å²) in [5, 5.41) is 16.0. The Balaban J connectivity index is -0.000000258. The van der Waals surface area contributed by atoms with E-state index in [1.165, 1.54) is 115 Å². The number of aromatic nitrogens is 3. The highest BCUT2D eigenvalue weighted by molar-refractivity contribution is 6.22. The lowest BCUT2D eigenvalue weighted by Crippen LogP contribution is -2.14. The maximum Gasteiger partial charge on any atom is 0.115 e. The highest BCUT2D eigenvalue weighted by Gasteiger charge is 2.34. The van der Waals surface area contributed by atoms with Gasteiger partial charge in [0.05, 0.1) is 0 Å². The van der Waals surface area contributed by atoms with Crippen LogP contribution in [0, 0.1) is 5.92 Å². The lowest BCUT2D eigenvalue weighted by Gasteiger charge is -2.27. The SMILES string of the molecule is C1=CC2C=Cc3ccccc3C2C=C1.C1=Cc2ccccc2C1.CC.CC.CC.CC.CC.CC.CC.CC.CC.CC.CC.CC.CC.CC.CC.CC.CC.CC.CC1(C)c2ccccc2-c2ccccc21.c1cc2ccc3cccc4ccc(c1)c2c34.c1ccc2cc3ccccc3cc2c1.c1ccc2ccccc2c1.c1ccccc1.c1ccncc1.c1cncnc1. The van der Waals surface area contributed by atoms with Gasteiger partial charge >= 0.3 is 0 Å². The summed E-state index contributed by atoms with van der Waals surface area (Å²) in [6, 6.07) is 114. The fourth-order valence-electron chi connectivity index (χ4n) is 12.8. The molecule has 716 valence electrons. The molecule has 4 aliphatic rings. The molecule has 2 atom stereocenters. The Morgan fingerprint density at radius 1 is 0.227 bits per heavy atom. The number of fused-ring (bicyclic) bond motifs is 10. The van der Waals surface area contributed by atoms with Crippen LogP contribution in [0.2, 0.25) is 0 Å². The predicted octanol–water partition coefficient (Wildman–Crippen LogP) is 42.9. The molecule has 2 unspecified atom stereocenters. The van der Waals surface area contributed by atoms with Crippen molar-refractivity contribution in [2.75, 3.05) is 0 Å². The average Bonchev–Trinajstić information content (AvgIpc) is 1.34. The van der Waals surface area contributed by atoms with Crippen molar-refractivity contribution in [3.8, 4) is 11.1 Å². The van der Waals surface area contributed by atoms with Crippen molar-refractivity contribution in [2.24, 2.45) is 5.92 Å². The molecule has 20 rings (SSSR count). The second-order valence-corrected chi connectivity index (χ2v) is 24.1. The fourth-order valence-corrected chi connectivity index (χ4v) is 12.8. The van der Waals surface area contributed by atoms with E-state index in [-0.39, 0.29) is 5.41 Å². The molecular formula is C129H185N3. The van der Waals surface area contributed by atoms with Crippen LogP contribution in [0.5, 0.6) is 0 Å². The fraction of sp³-hybridized carbons (Fsp3) is 0.326. The van der Waals surface area contributed by atoms with Crippen molar-refractivity contribution >= 4 is 76.8 Å². The normalized spacial score (nSPS) is 10.9. The third kappa shape index (κ3) is 48.8. The quantitative estimate of drug-likeness (QED) is 0.112. The number of benzene rings is 14. The molecule has 0 aliphatic heterocycles. The largest absolute Gasteiger partial charge is 0.265 e. The molecule has 0 spiro atoms. The number of allylic oxidation sites excluding steroid dienone is 6. The molecular weight excluding hydrogens is 1590 g/mol. The minimum atomic E-state index is 0.160. The van der Waals surface area contributed by atoms with Gasteiger partial charge in [0.1, 0.15) is 6.33 Å². The van der Waals surface area contributed by atoms with Crippen LogP contribution in [0.4, 0.5) is 0 Å². The molecule has 0 radical (unpaired) electrons. The molecule has 16 aromatic rings. The minimum Gasteiger partial charge on any atom is -0.265 e. The number of hydrogen-bond acceptors (Lipinski definition) is 3. The summed E-state index contributed by atoms with van der Waals surface area (Å²) in [7, 11) is 0. The Morgan fingerprint density at radius 2 is 0.515 bits per heavy atom. The second-order valence-electron chi connectivity index (χ2n) is 24.1. The maximum atomic E-state index is 3.78. The zero-order chi connectivity index (χ0) is 101. The van der Waals surface area contributed by atoms with E-state index >= 15 is 0 Å². The van der Waals surface area contributed by atoms with E-state index in [9.17, 15) is 0 Å². The van der Waals surface area contributed by atoms with Gasteiger partial charge in [-0.3, -0.25) is 4.98 Å². The Hall–Kier alpha value is -11.9. The summed E-state index contributed by atoms with van der Waals surface area (Å²) in [4.78, 5) is 11.1. The first-order valence-corrected chi connectivity index (χ1v) is 51.0. The standard InChI is InChI=1S/C16H10.C15H14.C14H12.C14H10.C10H8.C9H8.C6H6.C5H5N.C4H4N2.18C2H6/c1-3-11-7-9-13-5-2-6-14-10-8-12(4-1)15(11)16(13)14;1-15(2)13-9-5-3-7-11(13)12-8-4-6-10-14(12)15;1-3-7-13-11(5-1)9-10-12-6-2-4-8-14(12)13;1-2-6-12-10-14-8-4-3-7-13(14)9-11(12)5-1;1-2-6-10-8-4-3-7-9(10)5-1;1-2-5-9-7-3-6-8(9)4-1;2*1-2-4-6-5-3-1;1-2-5-4-6-3-1;18*1-2/h1-10H;3-10H,1-2H3;1-11,13H;1-10H;1-8H;1-6H,7H2;1-6H;1-5H;1-4H;18*1-2H3. The lowest BCUT2D eigenvalue weighted by atomic mass is 9.77. The first kappa shape index (κ1) is 133. The maximum absolute atomic E-state index is 3.78. The number of hydrogen-bond donors (Lipinski definition) is 0. The van der Waals surface area contributed by atoms with Gasteiger partial charge in [0.15, 0.2) is 0 Å². The van der Waals surface area contributed by atoms with Crippen LogP contribution < -0.4 is 0 Å². The molecule has 4 aliphatic carbocycles. The van der Waals surface area contributed by atoms with Gasteiger partial charge in [-0.05, 0) is 146 Å². The molecule has 0 saturated heterocycles. The number of pyridine rings is 1. The van der Waals surface area contributed by atoms with Crippen molar-refractivity contribution in [1.29, 1.82) is 0 Å². The smallest absolute Gasteiger partial charge is 0.115 e. The Kier molecular flexibility index (Phi) is 97.5. The third-order valence-corrected chi connectivity index (χ3v) is 17.6. The highest BCUT2D eigenvalue weighted by Crippen LogP contribution is 2.48. The molecule has 2 heterocycles. The zero-order valence-electron chi connectivity index (χ0n) is 90.4.